The molecule has 0 spiro atoms. The van der Waals surface area contributed by atoms with E-state index in [9.17, 15) is 22.8 Å². The average molecular weight is 431 g/mol. The summed E-state index contributed by atoms with van der Waals surface area (Å²) in [6.07, 6.45) is 4.37. The number of carbonyl (C=O) groups excluding carboxylic acids is 2. The minimum atomic E-state index is -3.06. The highest BCUT2D eigenvalue weighted by Crippen LogP contribution is 2.48. The highest BCUT2D eigenvalue weighted by Gasteiger charge is 2.44. The average Bonchev–Trinajstić information content (AvgIpc) is 3.45. The van der Waals surface area contributed by atoms with E-state index in [2.05, 4.69) is 20.1 Å². The lowest BCUT2D eigenvalue weighted by Crippen LogP contribution is -2.50. The topological polar surface area (TPSA) is 79.5 Å². The van der Waals surface area contributed by atoms with Gasteiger partial charge in [-0.3, -0.25) is 19.6 Å². The molecular weight excluding hydrogens is 407 g/mol. The second-order valence-electron chi connectivity index (χ2n) is 7.22. The van der Waals surface area contributed by atoms with Gasteiger partial charge >= 0.3 is 6.61 Å². The molecule has 1 aromatic carbocycles. The van der Waals surface area contributed by atoms with Gasteiger partial charge < -0.3 is 10.1 Å². The van der Waals surface area contributed by atoms with Crippen LogP contribution in [0.5, 0.6) is 5.75 Å². The largest absolute Gasteiger partial charge is 0.432 e. The number of nitrogens with one attached hydrogen (secondary N) is 3. The van der Waals surface area contributed by atoms with Crippen LogP contribution in [-0.4, -0.2) is 36.8 Å². The predicted octanol–water partition coefficient (Wildman–Crippen LogP) is 2.83. The van der Waals surface area contributed by atoms with Crippen molar-refractivity contribution in [2.24, 2.45) is 0 Å². The summed E-state index contributed by atoms with van der Waals surface area (Å²) in [6, 6.07) is 3.78. The summed E-state index contributed by atoms with van der Waals surface area (Å²) in [6.45, 7) is -2.38. The third-order valence-corrected chi connectivity index (χ3v) is 6.05. The molecule has 2 aliphatic rings. The van der Waals surface area contributed by atoms with Gasteiger partial charge in [0.1, 0.15) is 0 Å². The molecule has 0 aromatic heterocycles. The van der Waals surface area contributed by atoms with Crippen molar-refractivity contribution >= 4 is 23.8 Å². The molecule has 1 aliphatic carbocycles. The van der Waals surface area contributed by atoms with Crippen molar-refractivity contribution in [3.8, 4) is 5.75 Å². The minimum Gasteiger partial charge on any atom is -0.432 e. The number of rotatable bonds is 11. The van der Waals surface area contributed by atoms with Gasteiger partial charge in [0.15, 0.2) is 11.6 Å². The van der Waals surface area contributed by atoms with Crippen LogP contribution in [0.2, 0.25) is 0 Å². The van der Waals surface area contributed by atoms with Gasteiger partial charge in [0.2, 0.25) is 11.8 Å². The molecule has 2 fully saturated rings. The van der Waals surface area contributed by atoms with Crippen molar-refractivity contribution in [2.75, 3.05) is 12.3 Å². The Morgan fingerprint density at radius 1 is 1.28 bits per heavy atom. The van der Waals surface area contributed by atoms with E-state index >= 15 is 0 Å². The molecule has 1 unspecified atom stereocenters. The van der Waals surface area contributed by atoms with E-state index in [1.54, 1.807) is 18.0 Å². The number of halogens is 3. The fourth-order valence-electron chi connectivity index (χ4n) is 3.21. The number of hydrogen-bond acceptors (Lipinski definition) is 6. The standard InChI is InChI=1S/C19H24F3N3O3S/c20-13-4-3-12(11-15(13)28-18(21)22)19(7-8-19)25-29-10-2-1-9-23-14-5-6-16(26)24-17(14)27/h3-4,11,14,18,23,25H,1-2,5-10H2,(H,24,26,27). The number of amides is 2. The minimum absolute atomic E-state index is 0.224. The number of benzene rings is 1. The smallest absolute Gasteiger partial charge is 0.387 e. The summed E-state index contributed by atoms with van der Waals surface area (Å²) in [7, 11) is 0. The number of piperidine rings is 1. The van der Waals surface area contributed by atoms with Crippen LogP contribution in [0.25, 0.3) is 0 Å². The molecule has 0 radical (unpaired) electrons. The van der Waals surface area contributed by atoms with E-state index in [1.165, 1.54) is 6.07 Å². The Hall–Kier alpha value is -1.78. The Morgan fingerprint density at radius 3 is 2.76 bits per heavy atom. The summed E-state index contributed by atoms with van der Waals surface area (Å²) in [5.74, 6) is -0.891. The van der Waals surface area contributed by atoms with Crippen LogP contribution in [0.4, 0.5) is 13.2 Å². The lowest BCUT2D eigenvalue weighted by molar-refractivity contribution is -0.134. The van der Waals surface area contributed by atoms with Crippen LogP contribution in [0.1, 0.15) is 44.1 Å². The van der Waals surface area contributed by atoms with Crippen LogP contribution in [0, 0.1) is 5.82 Å². The van der Waals surface area contributed by atoms with Crippen molar-refractivity contribution < 1.29 is 27.5 Å². The third kappa shape index (κ3) is 6.10. The van der Waals surface area contributed by atoms with Gasteiger partial charge in [0, 0.05) is 12.2 Å². The molecule has 1 atom stereocenters. The van der Waals surface area contributed by atoms with Crippen molar-refractivity contribution in [3.05, 3.63) is 29.6 Å². The fourth-order valence-corrected chi connectivity index (χ4v) is 4.26. The lowest BCUT2D eigenvalue weighted by Gasteiger charge is -2.22. The number of imide groups is 1. The van der Waals surface area contributed by atoms with E-state index < -0.39 is 18.2 Å². The Morgan fingerprint density at radius 2 is 2.07 bits per heavy atom. The first kappa shape index (κ1) is 21.9. The molecule has 160 valence electrons. The first-order valence-electron chi connectivity index (χ1n) is 9.60. The van der Waals surface area contributed by atoms with Crippen LogP contribution in [-0.2, 0) is 15.1 Å². The zero-order chi connectivity index (χ0) is 20.9. The zero-order valence-electron chi connectivity index (χ0n) is 15.8. The second kappa shape index (κ2) is 9.82. The van der Waals surface area contributed by atoms with Gasteiger partial charge in [0.05, 0.1) is 11.6 Å². The highest BCUT2D eigenvalue weighted by atomic mass is 32.2. The summed E-state index contributed by atoms with van der Waals surface area (Å²) < 4.78 is 46.0. The normalized spacial score (nSPS) is 20.6. The highest BCUT2D eigenvalue weighted by molar-refractivity contribution is 7.97. The number of ether oxygens (including phenoxy) is 1. The monoisotopic (exact) mass is 431 g/mol. The van der Waals surface area contributed by atoms with Gasteiger partial charge in [0.25, 0.3) is 0 Å². The van der Waals surface area contributed by atoms with Crippen molar-refractivity contribution in [2.45, 2.75) is 56.7 Å². The van der Waals surface area contributed by atoms with Crippen LogP contribution in [0.15, 0.2) is 18.2 Å². The van der Waals surface area contributed by atoms with Gasteiger partial charge in [-0.25, -0.2) is 4.39 Å². The number of hydrogen-bond donors (Lipinski definition) is 3. The first-order valence-corrected chi connectivity index (χ1v) is 10.6. The maximum atomic E-state index is 13.6. The van der Waals surface area contributed by atoms with Crippen LogP contribution in [0.3, 0.4) is 0 Å². The Labute approximate surface area is 171 Å². The first-order chi connectivity index (χ1) is 13.9. The summed E-state index contributed by atoms with van der Waals surface area (Å²) in [4.78, 5) is 22.8. The SMILES string of the molecule is O=C1CCC(NCCCCSNC2(c3ccc(F)c(OC(F)F)c3)CC2)C(=O)N1. The number of unbranched alkanes of at least 4 members (excludes halogenated alkanes) is 1. The van der Waals surface area contributed by atoms with Crippen molar-refractivity contribution in [1.82, 2.24) is 15.4 Å². The molecular formula is C19H24F3N3O3S. The summed E-state index contributed by atoms with van der Waals surface area (Å²) >= 11 is 1.54. The van der Waals surface area contributed by atoms with Gasteiger partial charge in [-0.05, 0) is 56.3 Å². The lowest BCUT2D eigenvalue weighted by atomic mass is 10.1. The molecule has 2 amide bonds. The number of carbonyl (C=O) groups is 2. The molecule has 1 saturated heterocycles. The molecule has 1 aliphatic heterocycles. The molecule has 10 heteroatoms. The van der Waals surface area contributed by atoms with Crippen LogP contribution >= 0.6 is 11.9 Å². The molecule has 3 rings (SSSR count). The van der Waals surface area contributed by atoms with Crippen molar-refractivity contribution in [1.29, 1.82) is 0 Å². The predicted molar refractivity (Wildman–Crippen MR) is 103 cm³/mol. The van der Waals surface area contributed by atoms with Gasteiger partial charge in [-0.1, -0.05) is 18.0 Å². The van der Waals surface area contributed by atoms with Crippen molar-refractivity contribution in [3.63, 3.8) is 0 Å². The summed E-state index contributed by atoms with van der Waals surface area (Å²) in [5.41, 5.74) is 0.408. The summed E-state index contributed by atoms with van der Waals surface area (Å²) in [5, 5.41) is 5.48. The number of alkyl halides is 2. The Bertz CT molecular complexity index is 747. The Kier molecular flexibility index (Phi) is 7.42. The maximum absolute atomic E-state index is 13.6. The molecule has 3 N–H and O–H groups in total. The molecule has 6 nitrogen and oxygen atoms in total. The molecule has 1 aromatic rings. The fraction of sp³-hybridized carbons (Fsp3) is 0.579. The van der Waals surface area contributed by atoms with Crippen LogP contribution < -0.4 is 20.1 Å². The maximum Gasteiger partial charge on any atom is 0.387 e. The van der Waals surface area contributed by atoms with E-state index in [0.717, 1.165) is 43.1 Å². The molecule has 29 heavy (non-hydrogen) atoms. The van der Waals surface area contributed by atoms with Gasteiger partial charge in [-0.2, -0.15) is 8.78 Å². The Balaban J connectivity index is 1.35. The van der Waals surface area contributed by atoms with E-state index in [4.69, 9.17) is 0 Å². The van der Waals surface area contributed by atoms with E-state index in [0.29, 0.717) is 19.4 Å². The quantitative estimate of drug-likeness (QED) is 0.284. The van der Waals surface area contributed by atoms with E-state index in [1.807, 2.05) is 0 Å². The molecule has 0 bridgehead atoms. The second-order valence-corrected chi connectivity index (χ2v) is 8.12. The van der Waals surface area contributed by atoms with Gasteiger partial charge in [-0.15, -0.1) is 0 Å². The zero-order valence-corrected chi connectivity index (χ0v) is 16.6. The van der Waals surface area contributed by atoms with E-state index in [-0.39, 0.29) is 23.4 Å². The molecule has 1 heterocycles. The third-order valence-electron chi connectivity index (χ3n) is 5.02. The molecule has 1 saturated carbocycles.